The van der Waals surface area contributed by atoms with Crippen molar-refractivity contribution in [1.29, 1.82) is 0 Å². The van der Waals surface area contributed by atoms with Gasteiger partial charge < -0.3 is 9.84 Å². The van der Waals surface area contributed by atoms with Crippen molar-refractivity contribution in [2.45, 2.75) is 19.1 Å². The van der Waals surface area contributed by atoms with Gasteiger partial charge in [0.1, 0.15) is 17.3 Å². The standard InChI is InChI=1S/C26H19F4NO4/c1-14-13-19(35-2)11-12-20(14)23(32)21-22(15-3-7-17(27)8-4-15)31(25(34)24(21)33)18-9-5-16(6-10-18)26(28,29)30/h3-13,22,32H,1-2H3/b23-21-. The van der Waals surface area contributed by atoms with Gasteiger partial charge in [0.2, 0.25) is 0 Å². The summed E-state index contributed by atoms with van der Waals surface area (Å²) in [5.74, 6) is -2.57. The molecule has 0 bridgehead atoms. The summed E-state index contributed by atoms with van der Waals surface area (Å²) >= 11 is 0. The van der Waals surface area contributed by atoms with Gasteiger partial charge >= 0.3 is 6.18 Å². The van der Waals surface area contributed by atoms with E-state index in [2.05, 4.69) is 0 Å². The first kappa shape index (κ1) is 24.0. The van der Waals surface area contributed by atoms with Crippen LogP contribution in [0.15, 0.2) is 72.3 Å². The number of hydrogen-bond acceptors (Lipinski definition) is 4. The maximum absolute atomic E-state index is 13.6. The average molecular weight is 485 g/mol. The van der Waals surface area contributed by atoms with Crippen LogP contribution < -0.4 is 9.64 Å². The molecule has 1 saturated heterocycles. The third-order valence-electron chi connectivity index (χ3n) is 5.79. The van der Waals surface area contributed by atoms with E-state index in [9.17, 15) is 32.3 Å². The molecule has 0 spiro atoms. The molecule has 3 aromatic rings. The molecule has 1 aliphatic heterocycles. The van der Waals surface area contributed by atoms with E-state index in [4.69, 9.17) is 4.74 Å². The molecule has 1 heterocycles. The number of carbonyl (C=O) groups excluding carboxylic acids is 2. The van der Waals surface area contributed by atoms with E-state index in [1.54, 1.807) is 19.1 Å². The number of ether oxygens (including phenoxy) is 1. The van der Waals surface area contributed by atoms with Crippen molar-refractivity contribution in [2.24, 2.45) is 0 Å². The lowest BCUT2D eigenvalue weighted by Gasteiger charge is -2.26. The van der Waals surface area contributed by atoms with Gasteiger partial charge in [0.05, 0.1) is 24.3 Å². The second-order valence-corrected chi connectivity index (χ2v) is 7.95. The van der Waals surface area contributed by atoms with Gasteiger partial charge in [-0.15, -0.1) is 0 Å². The maximum Gasteiger partial charge on any atom is 0.416 e. The van der Waals surface area contributed by atoms with Crippen molar-refractivity contribution < 1.29 is 37.0 Å². The van der Waals surface area contributed by atoms with Crippen molar-refractivity contribution >= 4 is 23.1 Å². The van der Waals surface area contributed by atoms with Gasteiger partial charge in [-0.2, -0.15) is 13.2 Å². The number of Topliss-reactive ketones (excluding diaryl/α,β-unsaturated/α-hetero) is 1. The van der Waals surface area contributed by atoms with Gasteiger partial charge in [-0.1, -0.05) is 12.1 Å². The Labute approximate surface area is 197 Å². The van der Waals surface area contributed by atoms with E-state index in [1.807, 2.05) is 0 Å². The largest absolute Gasteiger partial charge is 0.507 e. The zero-order valence-corrected chi connectivity index (χ0v) is 18.6. The van der Waals surface area contributed by atoms with Crippen LogP contribution in [0.3, 0.4) is 0 Å². The molecule has 4 rings (SSSR count). The molecule has 1 aliphatic rings. The van der Waals surface area contributed by atoms with Gasteiger partial charge in [0.15, 0.2) is 0 Å². The van der Waals surface area contributed by atoms with Crippen LogP contribution >= 0.6 is 0 Å². The first-order chi connectivity index (χ1) is 16.5. The molecule has 1 amide bonds. The summed E-state index contributed by atoms with van der Waals surface area (Å²) in [5.41, 5.74) is -0.0679. The number of carbonyl (C=O) groups is 2. The number of ketones is 1. The predicted molar refractivity (Wildman–Crippen MR) is 120 cm³/mol. The van der Waals surface area contributed by atoms with Crippen molar-refractivity contribution in [3.05, 3.63) is 100 Å². The number of halogens is 4. The molecule has 0 aromatic heterocycles. The first-order valence-electron chi connectivity index (χ1n) is 10.4. The van der Waals surface area contributed by atoms with Crippen molar-refractivity contribution in [3.63, 3.8) is 0 Å². The fourth-order valence-corrected chi connectivity index (χ4v) is 4.04. The second-order valence-electron chi connectivity index (χ2n) is 7.95. The minimum absolute atomic E-state index is 0.0138. The summed E-state index contributed by atoms with van der Waals surface area (Å²) in [6.07, 6.45) is -4.59. The van der Waals surface area contributed by atoms with Crippen LogP contribution in [-0.2, 0) is 15.8 Å². The molecule has 1 atom stereocenters. The Morgan fingerprint density at radius 3 is 2.14 bits per heavy atom. The molecule has 1 N–H and O–H groups in total. The summed E-state index contributed by atoms with van der Waals surface area (Å²) in [7, 11) is 1.47. The molecule has 5 nitrogen and oxygen atoms in total. The van der Waals surface area contributed by atoms with Gasteiger partial charge in [0, 0.05) is 11.3 Å². The number of benzene rings is 3. The Hall–Kier alpha value is -4.14. The van der Waals surface area contributed by atoms with Crippen LogP contribution in [0.4, 0.5) is 23.2 Å². The number of anilines is 1. The molecule has 0 aliphatic carbocycles. The monoisotopic (exact) mass is 485 g/mol. The average Bonchev–Trinajstić information content (AvgIpc) is 3.09. The summed E-state index contributed by atoms with van der Waals surface area (Å²) in [4.78, 5) is 27.2. The highest BCUT2D eigenvalue weighted by atomic mass is 19.4. The van der Waals surface area contributed by atoms with Gasteiger partial charge in [0.25, 0.3) is 11.7 Å². The fraction of sp³-hybridized carbons (Fsp3) is 0.154. The number of aliphatic hydroxyl groups excluding tert-OH is 1. The second kappa shape index (κ2) is 8.90. The Morgan fingerprint density at radius 1 is 0.971 bits per heavy atom. The molecule has 1 unspecified atom stereocenters. The maximum atomic E-state index is 13.6. The smallest absolute Gasteiger partial charge is 0.416 e. The summed E-state index contributed by atoms with van der Waals surface area (Å²) in [5, 5.41) is 11.2. The number of rotatable bonds is 4. The Balaban J connectivity index is 1.91. The van der Waals surface area contributed by atoms with E-state index in [0.29, 0.717) is 16.9 Å². The molecule has 3 aromatic carbocycles. The molecule has 180 valence electrons. The number of amides is 1. The van der Waals surface area contributed by atoms with Crippen molar-refractivity contribution in [3.8, 4) is 5.75 Å². The topological polar surface area (TPSA) is 66.8 Å². The van der Waals surface area contributed by atoms with Crippen LogP contribution in [0.5, 0.6) is 5.75 Å². The lowest BCUT2D eigenvalue weighted by molar-refractivity contribution is -0.137. The zero-order valence-electron chi connectivity index (χ0n) is 18.6. The number of nitrogens with zero attached hydrogens (tertiary/aromatic N) is 1. The predicted octanol–water partition coefficient (Wildman–Crippen LogP) is 5.79. The molecule has 35 heavy (non-hydrogen) atoms. The molecule has 9 heteroatoms. The number of aryl methyl sites for hydroxylation is 1. The highest BCUT2D eigenvalue weighted by Crippen LogP contribution is 2.43. The highest BCUT2D eigenvalue weighted by Gasteiger charge is 2.47. The Bertz CT molecular complexity index is 1330. The molecule has 1 fully saturated rings. The van der Waals surface area contributed by atoms with Crippen LogP contribution in [-0.4, -0.2) is 23.9 Å². The van der Waals surface area contributed by atoms with Gasteiger partial charge in [-0.25, -0.2) is 4.39 Å². The van der Waals surface area contributed by atoms with Crippen LogP contribution in [0.25, 0.3) is 5.76 Å². The number of hydrogen-bond donors (Lipinski definition) is 1. The number of aliphatic hydroxyl groups is 1. The minimum Gasteiger partial charge on any atom is -0.507 e. The molecular weight excluding hydrogens is 466 g/mol. The summed E-state index contributed by atoms with van der Waals surface area (Å²) in [6.45, 7) is 1.68. The Morgan fingerprint density at radius 2 is 1.60 bits per heavy atom. The van der Waals surface area contributed by atoms with Crippen molar-refractivity contribution in [1.82, 2.24) is 0 Å². The lowest BCUT2D eigenvalue weighted by atomic mass is 9.93. The SMILES string of the molecule is COc1ccc(/C(O)=C2/C(=O)C(=O)N(c3ccc(C(F)(F)F)cc3)C2c2ccc(F)cc2)c(C)c1. The lowest BCUT2D eigenvalue weighted by Crippen LogP contribution is -2.29. The van der Waals surface area contributed by atoms with E-state index >= 15 is 0 Å². The van der Waals surface area contributed by atoms with Gasteiger partial charge in [-0.3, -0.25) is 14.5 Å². The van der Waals surface area contributed by atoms with Crippen LogP contribution in [0.2, 0.25) is 0 Å². The highest BCUT2D eigenvalue weighted by molar-refractivity contribution is 6.51. The van der Waals surface area contributed by atoms with E-state index < -0.39 is 41.0 Å². The van der Waals surface area contributed by atoms with Crippen LogP contribution in [0.1, 0.15) is 28.3 Å². The molecular formula is C26H19F4NO4. The minimum atomic E-state index is -4.59. The number of alkyl halides is 3. The first-order valence-corrected chi connectivity index (χ1v) is 10.4. The third kappa shape index (κ3) is 4.37. The summed E-state index contributed by atoms with van der Waals surface area (Å²) in [6, 6.07) is 12.2. The van der Waals surface area contributed by atoms with Gasteiger partial charge in [-0.05, 0) is 72.6 Å². The summed E-state index contributed by atoms with van der Waals surface area (Å²) < 4.78 is 57.9. The Kier molecular flexibility index (Phi) is 6.10. The van der Waals surface area contributed by atoms with E-state index in [-0.39, 0.29) is 16.8 Å². The zero-order chi connectivity index (χ0) is 25.5. The normalized spacial score (nSPS) is 17.7. The molecule has 0 saturated carbocycles. The molecule has 0 radical (unpaired) electrons. The third-order valence-corrected chi connectivity index (χ3v) is 5.79. The number of methoxy groups -OCH3 is 1. The quantitative estimate of drug-likeness (QED) is 0.220. The van der Waals surface area contributed by atoms with E-state index in [0.717, 1.165) is 41.3 Å². The van der Waals surface area contributed by atoms with E-state index in [1.165, 1.54) is 25.3 Å². The van der Waals surface area contributed by atoms with Crippen LogP contribution in [0, 0.1) is 12.7 Å². The fourth-order valence-electron chi connectivity index (χ4n) is 4.04. The van der Waals surface area contributed by atoms with Crippen molar-refractivity contribution in [2.75, 3.05) is 12.0 Å².